The number of aryl methyl sites for hydroxylation is 1. The van der Waals surface area contributed by atoms with Crippen LogP contribution in [0.3, 0.4) is 0 Å². The Morgan fingerprint density at radius 2 is 2.05 bits per heavy atom. The summed E-state index contributed by atoms with van der Waals surface area (Å²) in [5.74, 6) is 1.81. The molecular weight excluding hydrogens is 238 g/mol. The van der Waals surface area contributed by atoms with Crippen LogP contribution in [0.25, 0.3) is 0 Å². The first-order valence-corrected chi connectivity index (χ1v) is 7.45. The molecular formula is C16H23NO2. The minimum absolute atomic E-state index is 0.666. The van der Waals surface area contributed by atoms with Gasteiger partial charge in [-0.2, -0.15) is 0 Å². The van der Waals surface area contributed by atoms with Crippen LogP contribution in [0.2, 0.25) is 0 Å². The van der Waals surface area contributed by atoms with Crippen molar-refractivity contribution >= 4 is 0 Å². The lowest BCUT2D eigenvalue weighted by Gasteiger charge is -2.21. The normalized spacial score (nSPS) is 22.7. The second-order valence-electron chi connectivity index (χ2n) is 5.61. The van der Waals surface area contributed by atoms with Crippen molar-refractivity contribution in [1.82, 2.24) is 4.90 Å². The first-order valence-electron chi connectivity index (χ1n) is 7.45. The number of nitrogens with zero attached hydrogens (tertiary/aromatic N) is 1. The molecule has 0 amide bonds. The molecule has 1 aromatic carbocycles. The van der Waals surface area contributed by atoms with E-state index in [9.17, 15) is 0 Å². The van der Waals surface area contributed by atoms with E-state index in [2.05, 4.69) is 24.0 Å². The zero-order chi connectivity index (χ0) is 13.1. The zero-order valence-electron chi connectivity index (χ0n) is 11.7. The highest BCUT2D eigenvalue weighted by Crippen LogP contribution is 2.31. The van der Waals surface area contributed by atoms with Gasteiger partial charge >= 0.3 is 0 Å². The molecule has 0 N–H and O–H groups in total. The molecule has 1 saturated heterocycles. The fraction of sp³-hybridized carbons (Fsp3) is 0.625. The van der Waals surface area contributed by atoms with E-state index in [-0.39, 0.29) is 0 Å². The summed E-state index contributed by atoms with van der Waals surface area (Å²) in [5.41, 5.74) is 1.36. The van der Waals surface area contributed by atoms with E-state index in [1.807, 2.05) is 6.07 Å². The van der Waals surface area contributed by atoms with Crippen LogP contribution in [0.15, 0.2) is 18.2 Å². The molecule has 0 unspecified atom stereocenters. The Labute approximate surface area is 115 Å². The standard InChI is InChI=1S/C16H23NO2/c1-13-4-2-8-17(13)9-3-5-14-6-7-15-16(12-14)19-11-10-18-15/h6-7,12-13H,2-5,8-11H2,1H3/t13-/m1/s1. The predicted molar refractivity (Wildman–Crippen MR) is 76.0 cm³/mol. The molecule has 104 valence electrons. The number of rotatable bonds is 4. The summed E-state index contributed by atoms with van der Waals surface area (Å²) in [6.07, 6.45) is 5.08. The van der Waals surface area contributed by atoms with Gasteiger partial charge in [0.05, 0.1) is 0 Å². The molecule has 0 aromatic heterocycles. The van der Waals surface area contributed by atoms with E-state index < -0.39 is 0 Å². The molecule has 2 aliphatic heterocycles. The minimum Gasteiger partial charge on any atom is -0.486 e. The highest BCUT2D eigenvalue weighted by molar-refractivity contribution is 5.43. The number of benzene rings is 1. The fourth-order valence-electron chi connectivity index (χ4n) is 3.05. The van der Waals surface area contributed by atoms with Gasteiger partial charge in [-0.3, -0.25) is 0 Å². The highest BCUT2D eigenvalue weighted by atomic mass is 16.6. The van der Waals surface area contributed by atoms with Crippen LogP contribution in [-0.2, 0) is 6.42 Å². The van der Waals surface area contributed by atoms with Gasteiger partial charge in [0, 0.05) is 6.04 Å². The Kier molecular flexibility index (Phi) is 3.92. The van der Waals surface area contributed by atoms with Gasteiger partial charge in [-0.05, 0) is 63.4 Å². The van der Waals surface area contributed by atoms with Crippen LogP contribution in [0, 0.1) is 0 Å². The van der Waals surface area contributed by atoms with Gasteiger partial charge in [0.25, 0.3) is 0 Å². The van der Waals surface area contributed by atoms with E-state index in [1.165, 1.54) is 37.9 Å². The summed E-state index contributed by atoms with van der Waals surface area (Å²) in [5, 5.41) is 0. The van der Waals surface area contributed by atoms with Gasteiger partial charge in [0.2, 0.25) is 0 Å². The number of ether oxygens (including phenoxy) is 2. The van der Waals surface area contributed by atoms with Crippen molar-refractivity contribution in [2.24, 2.45) is 0 Å². The van der Waals surface area contributed by atoms with Crippen molar-refractivity contribution in [3.05, 3.63) is 23.8 Å². The topological polar surface area (TPSA) is 21.7 Å². The highest BCUT2D eigenvalue weighted by Gasteiger charge is 2.19. The third-order valence-corrected chi connectivity index (χ3v) is 4.21. The van der Waals surface area contributed by atoms with Gasteiger partial charge in [-0.25, -0.2) is 0 Å². The molecule has 0 saturated carbocycles. The van der Waals surface area contributed by atoms with Crippen molar-refractivity contribution in [3.63, 3.8) is 0 Å². The molecule has 1 fully saturated rings. The average molecular weight is 261 g/mol. The number of likely N-dealkylation sites (tertiary alicyclic amines) is 1. The second-order valence-corrected chi connectivity index (χ2v) is 5.61. The van der Waals surface area contributed by atoms with Crippen molar-refractivity contribution in [2.45, 2.75) is 38.6 Å². The quantitative estimate of drug-likeness (QED) is 0.832. The zero-order valence-corrected chi connectivity index (χ0v) is 11.7. The maximum atomic E-state index is 5.63. The van der Waals surface area contributed by atoms with Crippen LogP contribution in [-0.4, -0.2) is 37.2 Å². The van der Waals surface area contributed by atoms with E-state index in [4.69, 9.17) is 9.47 Å². The smallest absolute Gasteiger partial charge is 0.161 e. The van der Waals surface area contributed by atoms with Crippen molar-refractivity contribution < 1.29 is 9.47 Å². The van der Waals surface area contributed by atoms with Crippen molar-refractivity contribution in [1.29, 1.82) is 0 Å². The molecule has 0 aliphatic carbocycles. The Balaban J connectivity index is 1.52. The molecule has 2 aliphatic rings. The molecule has 3 rings (SSSR count). The summed E-state index contributed by atoms with van der Waals surface area (Å²) in [7, 11) is 0. The molecule has 1 atom stereocenters. The van der Waals surface area contributed by atoms with Crippen LogP contribution < -0.4 is 9.47 Å². The summed E-state index contributed by atoms with van der Waals surface area (Å²) in [6, 6.07) is 7.13. The molecule has 0 radical (unpaired) electrons. The van der Waals surface area contributed by atoms with E-state index in [0.717, 1.165) is 24.0 Å². The monoisotopic (exact) mass is 261 g/mol. The van der Waals surface area contributed by atoms with E-state index >= 15 is 0 Å². The van der Waals surface area contributed by atoms with Gasteiger partial charge in [0.15, 0.2) is 11.5 Å². The molecule has 0 spiro atoms. The van der Waals surface area contributed by atoms with Crippen molar-refractivity contribution in [3.8, 4) is 11.5 Å². The first kappa shape index (κ1) is 12.8. The Morgan fingerprint density at radius 1 is 1.21 bits per heavy atom. The molecule has 3 nitrogen and oxygen atoms in total. The molecule has 1 aromatic rings. The summed E-state index contributed by atoms with van der Waals surface area (Å²) in [6.45, 7) is 6.18. The summed E-state index contributed by atoms with van der Waals surface area (Å²) >= 11 is 0. The van der Waals surface area contributed by atoms with Crippen molar-refractivity contribution in [2.75, 3.05) is 26.3 Å². The van der Waals surface area contributed by atoms with Crippen LogP contribution in [0.1, 0.15) is 31.7 Å². The van der Waals surface area contributed by atoms with Gasteiger partial charge in [-0.15, -0.1) is 0 Å². The lowest BCUT2D eigenvalue weighted by molar-refractivity contribution is 0.171. The maximum Gasteiger partial charge on any atom is 0.161 e. The first-order chi connectivity index (χ1) is 9.33. The van der Waals surface area contributed by atoms with E-state index in [1.54, 1.807) is 0 Å². The molecule has 2 heterocycles. The number of hydrogen-bond acceptors (Lipinski definition) is 3. The third kappa shape index (κ3) is 3.03. The van der Waals surface area contributed by atoms with Gasteiger partial charge < -0.3 is 14.4 Å². The fourth-order valence-corrected chi connectivity index (χ4v) is 3.05. The second kappa shape index (κ2) is 5.83. The number of fused-ring (bicyclic) bond motifs is 1. The van der Waals surface area contributed by atoms with E-state index in [0.29, 0.717) is 13.2 Å². The third-order valence-electron chi connectivity index (χ3n) is 4.21. The van der Waals surface area contributed by atoms with Crippen LogP contribution in [0.4, 0.5) is 0 Å². The lowest BCUT2D eigenvalue weighted by atomic mass is 10.1. The molecule has 3 heteroatoms. The van der Waals surface area contributed by atoms with Crippen LogP contribution in [0.5, 0.6) is 11.5 Å². The molecule has 0 bridgehead atoms. The SMILES string of the molecule is C[C@@H]1CCCN1CCCc1ccc2c(c1)OCCO2. The lowest BCUT2D eigenvalue weighted by Crippen LogP contribution is -2.28. The Bertz CT molecular complexity index is 433. The minimum atomic E-state index is 0.666. The Morgan fingerprint density at radius 3 is 2.84 bits per heavy atom. The summed E-state index contributed by atoms with van der Waals surface area (Å²) in [4.78, 5) is 2.61. The predicted octanol–water partition coefficient (Wildman–Crippen LogP) is 2.87. The van der Waals surface area contributed by atoms with Gasteiger partial charge in [0.1, 0.15) is 13.2 Å². The van der Waals surface area contributed by atoms with Gasteiger partial charge in [-0.1, -0.05) is 6.07 Å². The Hall–Kier alpha value is -1.22. The largest absolute Gasteiger partial charge is 0.486 e. The average Bonchev–Trinajstić information content (AvgIpc) is 2.84. The number of hydrogen-bond donors (Lipinski definition) is 0. The van der Waals surface area contributed by atoms with Crippen LogP contribution >= 0.6 is 0 Å². The maximum absolute atomic E-state index is 5.63. The summed E-state index contributed by atoms with van der Waals surface area (Å²) < 4.78 is 11.2. The molecule has 19 heavy (non-hydrogen) atoms.